The second-order valence-corrected chi connectivity index (χ2v) is 6.89. The lowest BCUT2D eigenvalue weighted by molar-refractivity contribution is 0.204. The number of rotatable bonds is 5. The van der Waals surface area contributed by atoms with E-state index in [-0.39, 0.29) is 16.5 Å². The monoisotopic (exact) mass is 325 g/mol. The molecular weight excluding hydrogens is 310 g/mol. The Labute approximate surface area is 129 Å². The lowest BCUT2D eigenvalue weighted by Crippen LogP contribution is -2.36. The average molecular weight is 326 g/mol. The number of aliphatic hydroxyl groups excluding tert-OH is 1. The summed E-state index contributed by atoms with van der Waals surface area (Å²) < 4.78 is 26.8. The van der Waals surface area contributed by atoms with Crippen molar-refractivity contribution in [1.29, 1.82) is 0 Å². The van der Waals surface area contributed by atoms with Crippen LogP contribution in [0.1, 0.15) is 6.92 Å². The quantitative estimate of drug-likeness (QED) is 0.919. The third-order valence-corrected chi connectivity index (χ3v) is 5.17. The molecule has 112 valence electrons. The normalized spacial score (nSPS) is 12.9. The molecule has 0 bridgehead atoms. The summed E-state index contributed by atoms with van der Waals surface area (Å²) in [6, 6.07) is 14.9. The van der Waals surface area contributed by atoms with Crippen molar-refractivity contribution in [3.63, 3.8) is 0 Å². The zero-order valence-corrected chi connectivity index (χ0v) is 13.1. The fraction of sp³-hybridized carbons (Fsp3) is 0.200. The van der Waals surface area contributed by atoms with Gasteiger partial charge in [-0.3, -0.25) is 4.31 Å². The van der Waals surface area contributed by atoms with Gasteiger partial charge in [0.05, 0.1) is 23.4 Å². The van der Waals surface area contributed by atoms with Gasteiger partial charge in [0.15, 0.2) is 0 Å². The van der Waals surface area contributed by atoms with Crippen molar-refractivity contribution in [1.82, 2.24) is 0 Å². The number of halogens is 1. The third kappa shape index (κ3) is 3.56. The first-order valence-corrected chi connectivity index (χ1v) is 8.25. The molecule has 0 aliphatic carbocycles. The highest BCUT2D eigenvalue weighted by Gasteiger charge is 2.27. The van der Waals surface area contributed by atoms with Crippen LogP contribution in [0.2, 0.25) is 5.02 Å². The average Bonchev–Trinajstić information content (AvgIpc) is 2.45. The SMILES string of the molecule is CC(O)CN(c1ccccc1)S(=O)(=O)c1ccccc1Cl. The van der Waals surface area contributed by atoms with Crippen molar-refractivity contribution in [2.24, 2.45) is 0 Å². The van der Waals surface area contributed by atoms with Gasteiger partial charge in [0.2, 0.25) is 0 Å². The number of benzene rings is 2. The third-order valence-electron chi connectivity index (χ3n) is 2.88. The molecule has 2 aromatic rings. The van der Waals surface area contributed by atoms with Crippen LogP contribution in [0.3, 0.4) is 0 Å². The highest BCUT2D eigenvalue weighted by Crippen LogP contribution is 2.28. The highest BCUT2D eigenvalue weighted by molar-refractivity contribution is 7.93. The Morgan fingerprint density at radius 3 is 2.24 bits per heavy atom. The van der Waals surface area contributed by atoms with Gasteiger partial charge in [-0.2, -0.15) is 0 Å². The Bertz CT molecular complexity index is 702. The zero-order chi connectivity index (χ0) is 15.5. The van der Waals surface area contributed by atoms with Crippen molar-refractivity contribution in [2.45, 2.75) is 17.9 Å². The molecule has 1 N–H and O–H groups in total. The van der Waals surface area contributed by atoms with Gasteiger partial charge in [0.25, 0.3) is 10.0 Å². The van der Waals surface area contributed by atoms with Crippen LogP contribution in [-0.2, 0) is 10.0 Å². The predicted octanol–water partition coefficient (Wildman–Crippen LogP) is 2.92. The van der Waals surface area contributed by atoms with Crippen molar-refractivity contribution in [3.05, 3.63) is 59.6 Å². The van der Waals surface area contributed by atoms with E-state index in [0.717, 1.165) is 0 Å². The molecule has 0 saturated carbocycles. The molecule has 4 nitrogen and oxygen atoms in total. The highest BCUT2D eigenvalue weighted by atomic mass is 35.5. The summed E-state index contributed by atoms with van der Waals surface area (Å²) in [5, 5.41) is 9.78. The van der Waals surface area contributed by atoms with Crippen LogP contribution in [-0.4, -0.2) is 26.2 Å². The standard InChI is InChI=1S/C15H16ClNO3S/c1-12(18)11-17(13-7-3-2-4-8-13)21(19,20)15-10-6-5-9-14(15)16/h2-10,12,18H,11H2,1H3. The number of sulfonamides is 1. The Balaban J connectivity index is 2.53. The summed E-state index contributed by atoms with van der Waals surface area (Å²) >= 11 is 6.01. The number of anilines is 1. The molecule has 0 spiro atoms. The van der Waals surface area contributed by atoms with Crippen molar-refractivity contribution in [3.8, 4) is 0 Å². The zero-order valence-electron chi connectivity index (χ0n) is 11.5. The lowest BCUT2D eigenvalue weighted by Gasteiger charge is -2.26. The topological polar surface area (TPSA) is 57.6 Å². The Morgan fingerprint density at radius 1 is 1.10 bits per heavy atom. The molecule has 0 aliphatic rings. The van der Waals surface area contributed by atoms with E-state index in [2.05, 4.69) is 0 Å². The first-order valence-electron chi connectivity index (χ1n) is 6.43. The fourth-order valence-electron chi connectivity index (χ4n) is 1.95. The van der Waals surface area contributed by atoms with E-state index >= 15 is 0 Å². The maximum absolute atomic E-state index is 12.8. The Hall–Kier alpha value is -1.56. The molecular formula is C15H16ClNO3S. The molecule has 0 saturated heterocycles. The summed E-state index contributed by atoms with van der Waals surface area (Å²) in [5.74, 6) is 0. The predicted molar refractivity (Wildman–Crippen MR) is 84.1 cm³/mol. The minimum atomic E-state index is -3.84. The molecule has 2 aromatic carbocycles. The molecule has 0 aromatic heterocycles. The van der Waals surface area contributed by atoms with Crippen LogP contribution >= 0.6 is 11.6 Å². The van der Waals surface area contributed by atoms with Crippen molar-refractivity contribution in [2.75, 3.05) is 10.8 Å². The maximum Gasteiger partial charge on any atom is 0.265 e. The summed E-state index contributed by atoms with van der Waals surface area (Å²) in [7, 11) is -3.84. The van der Waals surface area contributed by atoms with E-state index in [1.165, 1.54) is 23.4 Å². The molecule has 2 rings (SSSR count). The van der Waals surface area contributed by atoms with Crippen LogP contribution < -0.4 is 4.31 Å². The Kier molecular flexibility index (Phi) is 4.88. The summed E-state index contributed by atoms with van der Waals surface area (Å²) in [4.78, 5) is 0.0242. The lowest BCUT2D eigenvalue weighted by atomic mass is 10.3. The largest absolute Gasteiger partial charge is 0.392 e. The van der Waals surface area contributed by atoms with Gasteiger partial charge < -0.3 is 5.11 Å². The molecule has 0 radical (unpaired) electrons. The van der Waals surface area contributed by atoms with Gasteiger partial charge in [0.1, 0.15) is 4.90 Å². The molecule has 0 fully saturated rings. The van der Waals surface area contributed by atoms with E-state index < -0.39 is 16.1 Å². The Morgan fingerprint density at radius 2 is 1.67 bits per heavy atom. The number of aliphatic hydroxyl groups is 1. The number of nitrogens with zero attached hydrogens (tertiary/aromatic N) is 1. The van der Waals surface area contributed by atoms with E-state index in [9.17, 15) is 13.5 Å². The number of hydrogen-bond acceptors (Lipinski definition) is 3. The smallest absolute Gasteiger partial charge is 0.265 e. The molecule has 21 heavy (non-hydrogen) atoms. The number of hydrogen-bond donors (Lipinski definition) is 1. The van der Waals surface area contributed by atoms with E-state index in [1.54, 1.807) is 42.5 Å². The molecule has 6 heteroatoms. The summed E-state index contributed by atoms with van der Waals surface area (Å²) in [6.45, 7) is 1.50. The van der Waals surface area contributed by atoms with Crippen molar-refractivity contribution >= 4 is 27.3 Å². The van der Waals surface area contributed by atoms with Gasteiger partial charge in [-0.1, -0.05) is 41.9 Å². The van der Waals surface area contributed by atoms with Crippen molar-refractivity contribution < 1.29 is 13.5 Å². The van der Waals surface area contributed by atoms with Gasteiger partial charge in [0, 0.05) is 0 Å². The fourth-order valence-corrected chi connectivity index (χ4v) is 3.99. The van der Waals surface area contributed by atoms with E-state index in [1.807, 2.05) is 0 Å². The molecule has 1 unspecified atom stereocenters. The van der Waals surface area contributed by atoms with Gasteiger partial charge in [-0.25, -0.2) is 8.42 Å². The van der Waals surface area contributed by atoms with Gasteiger partial charge in [-0.05, 0) is 31.2 Å². The van der Waals surface area contributed by atoms with Crippen LogP contribution in [0.4, 0.5) is 5.69 Å². The van der Waals surface area contributed by atoms with E-state index in [0.29, 0.717) is 5.69 Å². The van der Waals surface area contributed by atoms with Gasteiger partial charge in [-0.15, -0.1) is 0 Å². The second-order valence-electron chi connectivity index (χ2n) is 4.65. The second kappa shape index (κ2) is 6.47. The molecule has 0 heterocycles. The van der Waals surface area contributed by atoms with Crippen LogP contribution in [0.5, 0.6) is 0 Å². The van der Waals surface area contributed by atoms with Crippen LogP contribution in [0, 0.1) is 0 Å². The number of para-hydroxylation sites is 1. The minimum Gasteiger partial charge on any atom is -0.392 e. The molecule has 0 amide bonds. The molecule has 1 atom stereocenters. The summed E-state index contributed by atoms with van der Waals surface area (Å²) in [5.41, 5.74) is 0.485. The van der Waals surface area contributed by atoms with Gasteiger partial charge >= 0.3 is 0 Å². The molecule has 0 aliphatic heterocycles. The first kappa shape index (κ1) is 15.8. The maximum atomic E-state index is 12.8. The summed E-state index contributed by atoms with van der Waals surface area (Å²) in [6.07, 6.45) is -0.803. The van der Waals surface area contributed by atoms with Crippen LogP contribution in [0.15, 0.2) is 59.5 Å². The van der Waals surface area contributed by atoms with Crippen LogP contribution in [0.25, 0.3) is 0 Å². The van der Waals surface area contributed by atoms with E-state index in [4.69, 9.17) is 11.6 Å². The first-order chi connectivity index (χ1) is 9.93. The minimum absolute atomic E-state index is 0.0242.